The molecular formula is C8H9NO3. The molecule has 0 aliphatic rings. The van der Waals surface area contributed by atoms with Crippen LogP contribution < -0.4 is 4.73 Å². The van der Waals surface area contributed by atoms with E-state index in [9.17, 15) is 10.0 Å². The normalized spacial score (nSPS) is 9.83. The SMILES string of the molecule is Cc1cc[n+]([O-])c(C)c1C(=O)O. The second-order valence-electron chi connectivity index (χ2n) is 2.59. The Balaban J connectivity index is 3.43. The predicted octanol–water partition coefficient (Wildman–Crippen LogP) is 0.635. The standard InChI is InChI=1S/C8H9NO3/c1-5-3-4-9(12)6(2)7(5)8(10)11/h3-4H,1-2H3,(H,10,11). The van der Waals surface area contributed by atoms with Crippen LogP contribution in [0.3, 0.4) is 0 Å². The zero-order valence-corrected chi connectivity index (χ0v) is 6.87. The average Bonchev–Trinajstić information content (AvgIpc) is 1.97. The van der Waals surface area contributed by atoms with Gasteiger partial charge < -0.3 is 10.3 Å². The van der Waals surface area contributed by atoms with E-state index in [1.165, 1.54) is 19.2 Å². The minimum atomic E-state index is -1.06. The van der Waals surface area contributed by atoms with Crippen molar-refractivity contribution in [3.8, 4) is 0 Å². The molecule has 0 unspecified atom stereocenters. The van der Waals surface area contributed by atoms with Gasteiger partial charge in [-0.15, -0.1) is 0 Å². The highest BCUT2D eigenvalue weighted by Gasteiger charge is 2.16. The molecule has 1 heterocycles. The zero-order valence-electron chi connectivity index (χ0n) is 6.87. The number of carbonyl (C=O) groups is 1. The van der Waals surface area contributed by atoms with Crippen LogP contribution in [-0.2, 0) is 0 Å². The molecule has 0 amide bonds. The summed E-state index contributed by atoms with van der Waals surface area (Å²) in [5.74, 6) is -1.06. The molecule has 0 saturated heterocycles. The van der Waals surface area contributed by atoms with Crippen LogP contribution >= 0.6 is 0 Å². The molecule has 0 radical (unpaired) electrons. The van der Waals surface area contributed by atoms with Crippen LogP contribution in [0.4, 0.5) is 0 Å². The third-order valence-electron chi connectivity index (χ3n) is 1.76. The van der Waals surface area contributed by atoms with E-state index >= 15 is 0 Å². The smallest absolute Gasteiger partial charge is 0.342 e. The monoisotopic (exact) mass is 167 g/mol. The molecular weight excluding hydrogens is 158 g/mol. The van der Waals surface area contributed by atoms with Crippen molar-refractivity contribution in [2.24, 2.45) is 0 Å². The van der Waals surface area contributed by atoms with E-state index in [2.05, 4.69) is 0 Å². The molecule has 12 heavy (non-hydrogen) atoms. The molecule has 64 valence electrons. The summed E-state index contributed by atoms with van der Waals surface area (Å²) in [5.41, 5.74) is 0.919. The topological polar surface area (TPSA) is 64.2 Å². The molecule has 0 saturated carbocycles. The fourth-order valence-electron chi connectivity index (χ4n) is 1.09. The summed E-state index contributed by atoms with van der Waals surface area (Å²) in [7, 11) is 0. The average molecular weight is 167 g/mol. The van der Waals surface area contributed by atoms with Crippen LogP contribution in [0.5, 0.6) is 0 Å². The highest BCUT2D eigenvalue weighted by Crippen LogP contribution is 2.08. The zero-order chi connectivity index (χ0) is 9.30. The van der Waals surface area contributed by atoms with Crippen LogP contribution in [-0.4, -0.2) is 11.1 Å². The van der Waals surface area contributed by atoms with Gasteiger partial charge in [0, 0.05) is 13.0 Å². The van der Waals surface area contributed by atoms with Gasteiger partial charge >= 0.3 is 5.97 Å². The molecule has 0 spiro atoms. The number of hydrogen-bond donors (Lipinski definition) is 1. The van der Waals surface area contributed by atoms with Crippen molar-refractivity contribution in [2.45, 2.75) is 13.8 Å². The number of nitrogens with zero attached hydrogens (tertiary/aromatic N) is 1. The van der Waals surface area contributed by atoms with Gasteiger partial charge in [0.15, 0.2) is 6.20 Å². The van der Waals surface area contributed by atoms with Gasteiger partial charge in [-0.1, -0.05) is 0 Å². The van der Waals surface area contributed by atoms with Crippen molar-refractivity contribution in [3.63, 3.8) is 0 Å². The molecule has 0 atom stereocenters. The molecule has 0 bridgehead atoms. The lowest BCUT2D eigenvalue weighted by Crippen LogP contribution is -2.32. The molecule has 0 fully saturated rings. The first kappa shape index (κ1) is 8.52. The number of aryl methyl sites for hydroxylation is 1. The maximum atomic E-state index is 10.9. The summed E-state index contributed by atoms with van der Waals surface area (Å²) in [6.07, 6.45) is 1.30. The number of carboxylic acids is 1. The fraction of sp³-hybridized carbons (Fsp3) is 0.250. The lowest BCUT2D eigenvalue weighted by molar-refractivity contribution is -0.612. The Labute approximate surface area is 69.7 Å². The highest BCUT2D eigenvalue weighted by molar-refractivity contribution is 5.89. The van der Waals surface area contributed by atoms with Crippen LogP contribution in [0.2, 0.25) is 0 Å². The predicted molar refractivity (Wildman–Crippen MR) is 41.8 cm³/mol. The van der Waals surface area contributed by atoms with Crippen molar-refractivity contribution in [3.05, 3.63) is 34.3 Å². The Hall–Kier alpha value is -1.58. The summed E-state index contributed by atoms with van der Waals surface area (Å²) in [5, 5.41) is 19.7. The summed E-state index contributed by atoms with van der Waals surface area (Å²) in [4.78, 5) is 10.6. The first-order chi connectivity index (χ1) is 5.54. The molecule has 1 aromatic heterocycles. The van der Waals surface area contributed by atoms with Gasteiger partial charge in [0.25, 0.3) is 0 Å². The van der Waals surface area contributed by atoms with Gasteiger partial charge in [-0.2, -0.15) is 4.73 Å². The van der Waals surface area contributed by atoms with Gasteiger partial charge in [0.1, 0.15) is 5.56 Å². The maximum Gasteiger partial charge on any atom is 0.342 e. The second-order valence-corrected chi connectivity index (χ2v) is 2.59. The summed E-state index contributed by atoms with van der Waals surface area (Å²) < 4.78 is 0.552. The Kier molecular flexibility index (Phi) is 1.99. The fourth-order valence-corrected chi connectivity index (χ4v) is 1.09. The quantitative estimate of drug-likeness (QED) is 0.493. The van der Waals surface area contributed by atoms with Crippen molar-refractivity contribution >= 4 is 5.97 Å². The molecule has 4 nitrogen and oxygen atoms in total. The van der Waals surface area contributed by atoms with Gasteiger partial charge in [0.05, 0.1) is 0 Å². The molecule has 1 aromatic rings. The first-order valence-electron chi connectivity index (χ1n) is 3.46. The molecule has 0 aliphatic carbocycles. The van der Waals surface area contributed by atoms with Gasteiger partial charge in [-0.05, 0) is 12.5 Å². The van der Waals surface area contributed by atoms with Gasteiger partial charge in [-0.3, -0.25) is 0 Å². The summed E-state index contributed by atoms with van der Waals surface area (Å²) >= 11 is 0. The Bertz CT molecular complexity index is 333. The number of hydrogen-bond acceptors (Lipinski definition) is 2. The van der Waals surface area contributed by atoms with E-state index < -0.39 is 5.97 Å². The number of carboxylic acid groups (broad SMARTS) is 1. The van der Waals surface area contributed by atoms with Crippen molar-refractivity contribution in [1.29, 1.82) is 0 Å². The number of aromatic carboxylic acids is 1. The molecule has 4 heteroatoms. The molecule has 0 aliphatic heterocycles. The van der Waals surface area contributed by atoms with Crippen molar-refractivity contribution in [1.82, 2.24) is 0 Å². The third-order valence-corrected chi connectivity index (χ3v) is 1.76. The number of rotatable bonds is 1. The summed E-state index contributed by atoms with van der Waals surface area (Å²) in [6.45, 7) is 3.15. The number of pyridine rings is 1. The van der Waals surface area contributed by atoms with Gasteiger partial charge in [0.2, 0.25) is 5.69 Å². The van der Waals surface area contributed by atoms with E-state index in [0.717, 1.165) is 0 Å². The van der Waals surface area contributed by atoms with Crippen molar-refractivity contribution < 1.29 is 14.6 Å². The third kappa shape index (κ3) is 1.23. The van der Waals surface area contributed by atoms with E-state index in [1.54, 1.807) is 6.92 Å². The Morgan fingerprint density at radius 1 is 1.58 bits per heavy atom. The summed E-state index contributed by atoms with van der Waals surface area (Å²) in [6, 6.07) is 1.49. The molecule has 0 aromatic carbocycles. The first-order valence-corrected chi connectivity index (χ1v) is 3.46. The Morgan fingerprint density at radius 2 is 2.17 bits per heavy atom. The van der Waals surface area contributed by atoms with Crippen molar-refractivity contribution in [2.75, 3.05) is 0 Å². The largest absolute Gasteiger partial charge is 0.618 e. The minimum Gasteiger partial charge on any atom is -0.618 e. The van der Waals surface area contributed by atoms with Crippen LogP contribution in [0.15, 0.2) is 12.3 Å². The highest BCUT2D eigenvalue weighted by atomic mass is 16.5. The van der Waals surface area contributed by atoms with E-state index in [0.29, 0.717) is 10.3 Å². The lowest BCUT2D eigenvalue weighted by atomic mass is 10.1. The Morgan fingerprint density at radius 3 is 2.58 bits per heavy atom. The van der Waals surface area contributed by atoms with E-state index in [1.807, 2.05) is 0 Å². The van der Waals surface area contributed by atoms with Gasteiger partial charge in [-0.25, -0.2) is 4.79 Å². The van der Waals surface area contributed by atoms with E-state index in [-0.39, 0.29) is 11.3 Å². The molecule has 1 rings (SSSR count). The number of aromatic nitrogens is 1. The van der Waals surface area contributed by atoms with Crippen LogP contribution in [0.1, 0.15) is 21.6 Å². The van der Waals surface area contributed by atoms with Crippen LogP contribution in [0, 0.1) is 19.1 Å². The second kappa shape index (κ2) is 2.81. The maximum absolute atomic E-state index is 10.9. The van der Waals surface area contributed by atoms with E-state index in [4.69, 9.17) is 5.11 Å². The van der Waals surface area contributed by atoms with Crippen LogP contribution in [0.25, 0.3) is 0 Å². The lowest BCUT2D eigenvalue weighted by Gasteiger charge is -2.04. The minimum absolute atomic E-state index is 0.0903. The molecule has 1 N–H and O–H groups in total.